The molecular weight excluding hydrogens is 268 g/mol. The van der Waals surface area contributed by atoms with Gasteiger partial charge in [0.15, 0.2) is 5.79 Å². The van der Waals surface area contributed by atoms with Gasteiger partial charge in [0, 0.05) is 25.2 Å². The van der Waals surface area contributed by atoms with E-state index in [1.54, 1.807) is 0 Å². The van der Waals surface area contributed by atoms with Crippen LogP contribution in [-0.4, -0.2) is 30.9 Å². The average Bonchev–Trinajstić information content (AvgIpc) is 2.75. The number of amides is 1. The molecule has 0 spiro atoms. The van der Waals surface area contributed by atoms with E-state index in [1.807, 2.05) is 38.1 Å². The lowest BCUT2D eigenvalue weighted by Crippen LogP contribution is -2.32. The topological polar surface area (TPSA) is 59.6 Å². The van der Waals surface area contributed by atoms with Crippen molar-refractivity contribution in [2.45, 2.75) is 45.6 Å². The van der Waals surface area contributed by atoms with Crippen molar-refractivity contribution in [2.75, 3.05) is 18.5 Å². The summed E-state index contributed by atoms with van der Waals surface area (Å²) >= 11 is 0. The summed E-state index contributed by atoms with van der Waals surface area (Å²) in [5, 5.41) is 6.24. The lowest BCUT2D eigenvalue weighted by molar-refractivity contribution is -0.137. The highest BCUT2D eigenvalue weighted by atomic mass is 16.7. The molecule has 116 valence electrons. The molecule has 21 heavy (non-hydrogen) atoms. The highest BCUT2D eigenvalue weighted by Crippen LogP contribution is 2.23. The summed E-state index contributed by atoms with van der Waals surface area (Å²) in [5.41, 5.74) is 1.94. The molecule has 2 unspecified atom stereocenters. The third-order valence-electron chi connectivity index (χ3n) is 3.43. The normalized spacial score (nSPS) is 22.0. The van der Waals surface area contributed by atoms with Gasteiger partial charge in [-0.3, -0.25) is 4.79 Å². The summed E-state index contributed by atoms with van der Waals surface area (Å²) in [6, 6.07) is 8.02. The fourth-order valence-electron chi connectivity index (χ4n) is 2.38. The molecule has 2 rings (SSSR count). The largest absolute Gasteiger partial charge is 0.348 e. The molecule has 1 aliphatic rings. The first-order chi connectivity index (χ1) is 9.85. The van der Waals surface area contributed by atoms with Gasteiger partial charge in [0.1, 0.15) is 0 Å². The Morgan fingerprint density at radius 1 is 1.48 bits per heavy atom. The number of rotatable bonds is 5. The number of carbonyl (C=O) groups excluding carboxylic acids is 1. The van der Waals surface area contributed by atoms with Crippen molar-refractivity contribution in [1.29, 1.82) is 0 Å². The van der Waals surface area contributed by atoms with Gasteiger partial charge in [-0.2, -0.15) is 0 Å². The molecule has 1 fully saturated rings. The van der Waals surface area contributed by atoms with Gasteiger partial charge in [-0.15, -0.1) is 0 Å². The van der Waals surface area contributed by atoms with Crippen molar-refractivity contribution in [3.8, 4) is 0 Å². The van der Waals surface area contributed by atoms with Crippen LogP contribution in [0.1, 0.15) is 39.3 Å². The molecule has 2 atom stereocenters. The third kappa shape index (κ3) is 4.81. The molecule has 2 N–H and O–H groups in total. The molecule has 1 aromatic carbocycles. The molecule has 0 saturated carbocycles. The standard InChI is InChI=1S/C16H24N2O3/c1-11(17-9-15-10-20-16(3,4)21-15)13-6-5-7-14(8-13)18-12(2)19/h5-8,11,15,17H,9-10H2,1-4H3,(H,18,19). The smallest absolute Gasteiger partial charge is 0.221 e. The third-order valence-corrected chi connectivity index (χ3v) is 3.43. The van der Waals surface area contributed by atoms with Crippen LogP contribution in [0.3, 0.4) is 0 Å². The van der Waals surface area contributed by atoms with Gasteiger partial charge in [0.25, 0.3) is 0 Å². The highest BCUT2D eigenvalue weighted by molar-refractivity contribution is 5.88. The predicted molar refractivity (Wildman–Crippen MR) is 82.1 cm³/mol. The predicted octanol–water partition coefficient (Wildman–Crippen LogP) is 2.45. The monoisotopic (exact) mass is 292 g/mol. The first-order valence-corrected chi connectivity index (χ1v) is 7.28. The minimum Gasteiger partial charge on any atom is -0.348 e. The molecule has 1 saturated heterocycles. The Morgan fingerprint density at radius 3 is 2.86 bits per heavy atom. The number of nitrogens with one attached hydrogen (secondary N) is 2. The van der Waals surface area contributed by atoms with E-state index in [0.717, 1.165) is 17.8 Å². The number of carbonyl (C=O) groups is 1. The Bertz CT molecular complexity index is 502. The quantitative estimate of drug-likeness (QED) is 0.875. The molecule has 0 bridgehead atoms. The van der Waals surface area contributed by atoms with Crippen LogP contribution in [0.5, 0.6) is 0 Å². The van der Waals surface area contributed by atoms with Crippen LogP contribution in [0.2, 0.25) is 0 Å². The van der Waals surface area contributed by atoms with Gasteiger partial charge in [0.05, 0.1) is 12.7 Å². The number of anilines is 1. The summed E-state index contributed by atoms with van der Waals surface area (Å²) < 4.78 is 11.3. The summed E-state index contributed by atoms with van der Waals surface area (Å²) in [6.45, 7) is 8.79. The zero-order valence-corrected chi connectivity index (χ0v) is 13.1. The van der Waals surface area contributed by atoms with E-state index >= 15 is 0 Å². The summed E-state index contributed by atoms with van der Waals surface area (Å²) in [7, 11) is 0. The fourth-order valence-corrected chi connectivity index (χ4v) is 2.38. The Hall–Kier alpha value is -1.43. The Morgan fingerprint density at radius 2 is 2.24 bits per heavy atom. The first kappa shape index (κ1) is 15.9. The molecular formula is C16H24N2O3. The van der Waals surface area contributed by atoms with E-state index in [-0.39, 0.29) is 18.1 Å². The fraction of sp³-hybridized carbons (Fsp3) is 0.562. The highest BCUT2D eigenvalue weighted by Gasteiger charge is 2.32. The van der Waals surface area contributed by atoms with E-state index in [4.69, 9.17) is 9.47 Å². The van der Waals surface area contributed by atoms with Crippen LogP contribution in [-0.2, 0) is 14.3 Å². The molecule has 0 radical (unpaired) electrons. The first-order valence-electron chi connectivity index (χ1n) is 7.28. The molecule has 1 heterocycles. The van der Waals surface area contributed by atoms with E-state index < -0.39 is 5.79 Å². The number of ether oxygens (including phenoxy) is 2. The van der Waals surface area contributed by atoms with Crippen molar-refractivity contribution in [3.05, 3.63) is 29.8 Å². The summed E-state index contributed by atoms with van der Waals surface area (Å²) in [5.74, 6) is -0.549. The van der Waals surface area contributed by atoms with Crippen LogP contribution in [0.25, 0.3) is 0 Å². The van der Waals surface area contributed by atoms with Crippen molar-refractivity contribution in [1.82, 2.24) is 5.32 Å². The average molecular weight is 292 g/mol. The summed E-state index contributed by atoms with van der Waals surface area (Å²) in [6.07, 6.45) is 0.0703. The van der Waals surface area contributed by atoms with Crippen molar-refractivity contribution >= 4 is 11.6 Å². The maximum Gasteiger partial charge on any atom is 0.221 e. The second-order valence-electron chi connectivity index (χ2n) is 5.89. The van der Waals surface area contributed by atoms with Gasteiger partial charge in [-0.1, -0.05) is 12.1 Å². The minimum atomic E-state index is -0.485. The van der Waals surface area contributed by atoms with Gasteiger partial charge < -0.3 is 20.1 Å². The molecule has 5 nitrogen and oxygen atoms in total. The zero-order valence-electron chi connectivity index (χ0n) is 13.1. The zero-order chi connectivity index (χ0) is 15.5. The van der Waals surface area contributed by atoms with E-state index in [1.165, 1.54) is 6.92 Å². The molecule has 1 amide bonds. The number of benzene rings is 1. The second kappa shape index (κ2) is 6.56. The Balaban J connectivity index is 1.88. The van der Waals surface area contributed by atoms with Crippen LogP contribution in [0, 0.1) is 0 Å². The Kier molecular flexibility index (Phi) is 4.98. The molecule has 1 aromatic rings. The van der Waals surface area contributed by atoms with Gasteiger partial charge in [-0.25, -0.2) is 0 Å². The van der Waals surface area contributed by atoms with Crippen LogP contribution in [0.4, 0.5) is 5.69 Å². The van der Waals surface area contributed by atoms with Gasteiger partial charge >= 0.3 is 0 Å². The second-order valence-corrected chi connectivity index (χ2v) is 5.89. The van der Waals surface area contributed by atoms with Crippen molar-refractivity contribution in [2.24, 2.45) is 0 Å². The van der Waals surface area contributed by atoms with E-state index in [9.17, 15) is 4.79 Å². The number of hydrogen-bond donors (Lipinski definition) is 2. The maximum atomic E-state index is 11.1. The number of hydrogen-bond acceptors (Lipinski definition) is 4. The van der Waals surface area contributed by atoms with Gasteiger partial charge in [0.2, 0.25) is 5.91 Å². The van der Waals surface area contributed by atoms with E-state index in [2.05, 4.69) is 17.6 Å². The minimum absolute atomic E-state index is 0.0634. The van der Waals surface area contributed by atoms with Crippen LogP contribution in [0.15, 0.2) is 24.3 Å². The van der Waals surface area contributed by atoms with Crippen LogP contribution < -0.4 is 10.6 Å². The van der Waals surface area contributed by atoms with Crippen molar-refractivity contribution < 1.29 is 14.3 Å². The SMILES string of the molecule is CC(=O)Nc1cccc(C(C)NCC2COC(C)(C)O2)c1. The summed E-state index contributed by atoms with van der Waals surface area (Å²) in [4.78, 5) is 11.1. The lowest BCUT2D eigenvalue weighted by atomic mass is 10.1. The maximum absolute atomic E-state index is 11.1. The Labute approximate surface area is 126 Å². The van der Waals surface area contributed by atoms with Gasteiger partial charge in [-0.05, 0) is 38.5 Å². The van der Waals surface area contributed by atoms with E-state index in [0.29, 0.717) is 6.61 Å². The molecule has 0 aromatic heterocycles. The molecule has 0 aliphatic carbocycles. The lowest BCUT2D eigenvalue weighted by Gasteiger charge is -2.20. The van der Waals surface area contributed by atoms with Crippen LogP contribution >= 0.6 is 0 Å². The molecule has 5 heteroatoms. The van der Waals surface area contributed by atoms with Crippen molar-refractivity contribution in [3.63, 3.8) is 0 Å². The molecule has 1 aliphatic heterocycles.